The fourth-order valence-corrected chi connectivity index (χ4v) is 0.597. The van der Waals surface area contributed by atoms with Gasteiger partial charge in [-0.05, 0) is 5.92 Å². The molecule has 0 amide bonds. The number of carbonyl (C=O) groups excluding carboxylic acids is 2. The number of aliphatic hydroxyl groups is 1. The summed E-state index contributed by atoms with van der Waals surface area (Å²) in [4.78, 5) is 24.1. The van der Waals surface area contributed by atoms with Crippen LogP contribution in [0.5, 0.6) is 0 Å². The van der Waals surface area contributed by atoms with E-state index in [1.807, 2.05) is 5.92 Å². The maximum atomic E-state index is 11.1. The summed E-state index contributed by atoms with van der Waals surface area (Å²) in [5.74, 6) is 1.31. The van der Waals surface area contributed by atoms with Crippen molar-refractivity contribution in [1.82, 2.24) is 0 Å². The molecule has 0 aliphatic rings. The summed E-state index contributed by atoms with van der Waals surface area (Å²) < 4.78 is 12.9. The van der Waals surface area contributed by atoms with Crippen molar-refractivity contribution in [2.45, 2.75) is 0 Å². The van der Waals surface area contributed by atoms with E-state index < -0.39 is 30.2 Å². The van der Waals surface area contributed by atoms with Gasteiger partial charge in [0.2, 0.25) is 5.39 Å². The Morgan fingerprint density at radius 1 is 1.35 bits per heavy atom. The van der Waals surface area contributed by atoms with Crippen molar-refractivity contribution in [1.29, 1.82) is 5.39 Å². The van der Waals surface area contributed by atoms with Gasteiger partial charge >= 0.3 is 23.6 Å². The largest absolute Gasteiger partial charge is 0.547 e. The number of nitrogens with zero attached hydrogens (tertiary/aromatic N) is 2. The smallest absolute Gasteiger partial charge is 0.475 e. The van der Waals surface area contributed by atoms with E-state index in [9.17, 15) is 9.59 Å². The van der Waals surface area contributed by atoms with Gasteiger partial charge in [0.25, 0.3) is 0 Å². The highest BCUT2D eigenvalue weighted by molar-refractivity contribution is 5.91. The lowest BCUT2D eigenvalue weighted by Gasteiger charge is -1.94. The number of hydrogen-bond donors (Lipinski definition) is 1. The highest BCUT2D eigenvalue weighted by Gasteiger charge is 2.32. The number of aliphatic hydroxyl groups excluding tert-OH is 1. The van der Waals surface area contributed by atoms with Gasteiger partial charge in [-0.2, -0.15) is 0 Å². The van der Waals surface area contributed by atoms with Crippen LogP contribution in [0.4, 0.5) is 0 Å². The van der Waals surface area contributed by atoms with Crippen molar-refractivity contribution in [3.05, 3.63) is 16.6 Å². The molecule has 0 unspecified atom stereocenters. The molecule has 1 N–H and O–H groups in total. The molecule has 0 rings (SSSR count). The molecule has 0 spiro atoms. The van der Waals surface area contributed by atoms with Crippen molar-refractivity contribution < 1.29 is 28.9 Å². The lowest BCUT2D eigenvalue weighted by molar-refractivity contribution is -0.138. The average molecular weight is 241 g/mol. The molecule has 0 saturated carbocycles. The van der Waals surface area contributed by atoms with E-state index in [4.69, 9.17) is 10.5 Å². The first kappa shape index (κ1) is 14.3. The first-order valence-corrected chi connectivity index (χ1v) is 4.13. The Labute approximate surface area is 96.4 Å². The van der Waals surface area contributed by atoms with E-state index in [0.717, 1.165) is 14.2 Å². The van der Waals surface area contributed by atoms with Crippen LogP contribution in [0.2, 0.25) is 0 Å². The lowest BCUT2D eigenvalue weighted by atomic mass is 10.5. The molecule has 0 bridgehead atoms. The van der Waals surface area contributed by atoms with Crippen LogP contribution < -0.4 is 0 Å². The molecule has 0 aromatic rings. The van der Waals surface area contributed by atoms with Crippen molar-refractivity contribution in [2.75, 3.05) is 20.8 Å². The molecule has 0 aromatic carbocycles. The van der Waals surface area contributed by atoms with Crippen LogP contribution in [0, 0.1) is 17.2 Å². The summed E-state index contributed by atoms with van der Waals surface area (Å²) in [5, 5.41) is 17.4. The van der Waals surface area contributed by atoms with Crippen LogP contribution in [-0.4, -0.2) is 37.9 Å². The maximum absolute atomic E-state index is 11.1. The predicted octanol–water partition coefficient (Wildman–Crippen LogP) is -0.0674. The monoisotopic (exact) mass is 241 g/mol. The molecule has 17 heavy (non-hydrogen) atoms. The highest BCUT2D eigenvalue weighted by Crippen LogP contribution is 2.06. The SMILES string of the molecule is COC(=O)C#CCOC(=O)/C([N+]#N)=C(\O)OC. The molecule has 90 valence electrons. The van der Waals surface area contributed by atoms with Crippen molar-refractivity contribution in [3.8, 4) is 11.8 Å². The standard InChI is InChI=1S/C9H8N2O6/c1-15-6(12)4-3-5-17-9(14)7(11-10)8(13)16-2/h5H2,1-2H3/p+1. The number of methoxy groups -OCH3 is 2. The fraction of sp³-hybridized carbons (Fsp3) is 0.333. The number of diazo groups is 1. The van der Waals surface area contributed by atoms with Gasteiger partial charge in [-0.15, -0.1) is 0 Å². The fourth-order valence-electron chi connectivity index (χ4n) is 0.597. The molecule has 0 heterocycles. The van der Waals surface area contributed by atoms with Crippen molar-refractivity contribution in [2.24, 2.45) is 0 Å². The number of rotatable bonds is 3. The van der Waals surface area contributed by atoms with Crippen LogP contribution in [0.1, 0.15) is 0 Å². The first-order valence-electron chi connectivity index (χ1n) is 4.13. The van der Waals surface area contributed by atoms with Crippen LogP contribution in [0.25, 0.3) is 4.98 Å². The van der Waals surface area contributed by atoms with Crippen LogP contribution in [0.15, 0.2) is 11.6 Å². The minimum atomic E-state index is -1.16. The first-order chi connectivity index (χ1) is 8.06. The Hall–Kier alpha value is -2.74. The Bertz CT molecular complexity index is 437. The van der Waals surface area contributed by atoms with Gasteiger partial charge in [0.15, 0.2) is 11.6 Å². The van der Waals surface area contributed by atoms with Crippen LogP contribution >= 0.6 is 0 Å². The van der Waals surface area contributed by atoms with Crippen molar-refractivity contribution in [3.63, 3.8) is 0 Å². The minimum Gasteiger partial charge on any atom is -0.475 e. The third-order valence-corrected chi connectivity index (χ3v) is 1.34. The second-order valence-corrected chi connectivity index (χ2v) is 2.33. The van der Waals surface area contributed by atoms with E-state index in [1.165, 1.54) is 0 Å². The van der Waals surface area contributed by atoms with Gasteiger partial charge in [0.1, 0.15) is 0 Å². The molecule has 0 atom stereocenters. The highest BCUT2D eigenvalue weighted by atomic mass is 16.6. The third kappa shape index (κ3) is 5.04. The molecular formula is C9H9N2O6+. The number of hydrogen-bond acceptors (Lipinski definition) is 7. The molecule has 0 aliphatic carbocycles. The zero-order chi connectivity index (χ0) is 13.3. The molecular weight excluding hydrogens is 232 g/mol. The Morgan fingerprint density at radius 3 is 2.47 bits per heavy atom. The van der Waals surface area contributed by atoms with Gasteiger partial charge in [-0.1, -0.05) is 0 Å². The van der Waals surface area contributed by atoms with Crippen LogP contribution in [0.3, 0.4) is 0 Å². The molecule has 0 saturated heterocycles. The quantitative estimate of drug-likeness (QED) is 0.184. The molecule has 0 fully saturated rings. The Balaban J connectivity index is 4.42. The molecule has 8 nitrogen and oxygen atoms in total. The topological polar surface area (TPSA) is 110 Å². The summed E-state index contributed by atoms with van der Waals surface area (Å²) in [6.07, 6.45) is 0. The second-order valence-electron chi connectivity index (χ2n) is 2.33. The summed E-state index contributed by atoms with van der Waals surface area (Å²) in [6.45, 7) is -0.441. The number of carbonyl (C=O) groups is 2. The number of esters is 2. The van der Waals surface area contributed by atoms with E-state index in [0.29, 0.717) is 0 Å². The molecule has 0 aromatic heterocycles. The second kappa shape index (κ2) is 7.54. The molecule has 0 aliphatic heterocycles. The third-order valence-electron chi connectivity index (χ3n) is 1.34. The zero-order valence-electron chi connectivity index (χ0n) is 9.09. The van der Waals surface area contributed by atoms with Gasteiger partial charge in [-0.25, -0.2) is 9.59 Å². The van der Waals surface area contributed by atoms with Crippen LogP contribution in [-0.2, 0) is 23.8 Å². The van der Waals surface area contributed by atoms with Gasteiger partial charge < -0.3 is 19.3 Å². The van der Waals surface area contributed by atoms with E-state index >= 15 is 0 Å². The van der Waals surface area contributed by atoms with Gasteiger partial charge in [0, 0.05) is 5.92 Å². The zero-order valence-corrected chi connectivity index (χ0v) is 9.09. The van der Waals surface area contributed by atoms with E-state index in [2.05, 4.69) is 25.1 Å². The number of ether oxygens (including phenoxy) is 3. The van der Waals surface area contributed by atoms with Crippen molar-refractivity contribution >= 4 is 11.9 Å². The Morgan fingerprint density at radius 2 is 2.00 bits per heavy atom. The predicted molar refractivity (Wildman–Crippen MR) is 52.5 cm³/mol. The van der Waals surface area contributed by atoms with E-state index in [1.54, 1.807) is 0 Å². The van der Waals surface area contributed by atoms with Gasteiger partial charge in [0.05, 0.1) is 14.2 Å². The summed E-state index contributed by atoms with van der Waals surface area (Å²) >= 11 is 0. The average Bonchev–Trinajstić information content (AvgIpc) is 2.34. The Kier molecular flexibility index (Phi) is 6.32. The minimum absolute atomic E-state index is 0.441. The van der Waals surface area contributed by atoms with E-state index in [-0.39, 0.29) is 0 Å². The summed E-state index contributed by atoms with van der Waals surface area (Å²) in [6, 6.07) is 0. The lowest BCUT2D eigenvalue weighted by Crippen LogP contribution is -2.09. The molecule has 0 radical (unpaired) electrons. The summed E-state index contributed by atoms with van der Waals surface area (Å²) in [7, 11) is 2.20. The molecule has 8 heteroatoms. The van der Waals surface area contributed by atoms with Gasteiger partial charge in [-0.3, -0.25) is 0 Å². The normalized spacial score (nSPS) is 9.94. The maximum Gasteiger partial charge on any atom is 0.547 e. The summed E-state index contributed by atoms with van der Waals surface area (Å²) in [5.41, 5.74) is -0.813.